The maximum Gasteiger partial charge on any atom is 0.342 e. The second-order valence-electron chi connectivity index (χ2n) is 19.8. The molecule has 19 heteroatoms. The molecule has 0 bridgehead atoms. The summed E-state index contributed by atoms with van der Waals surface area (Å²) in [5, 5.41) is 76.7. The minimum Gasteiger partial charge on any atom is -0.505 e. The predicted molar refractivity (Wildman–Crippen MR) is 268 cm³/mol. The fourth-order valence-corrected chi connectivity index (χ4v) is 9.51. The molecular formula is C53H76Cl2O17. The quantitative estimate of drug-likeness (QED) is 0.0783. The van der Waals surface area contributed by atoms with Gasteiger partial charge in [0.15, 0.2) is 42.1 Å². The first-order valence-corrected chi connectivity index (χ1v) is 25.2. The number of ether oxygens (including phenoxy) is 7. The molecule has 404 valence electrons. The van der Waals surface area contributed by atoms with Gasteiger partial charge in [-0.15, -0.1) is 0 Å². The third kappa shape index (κ3) is 14.8. The predicted octanol–water partition coefficient (Wildman–Crippen LogP) is 6.90. The Balaban J connectivity index is 1.61. The zero-order chi connectivity index (χ0) is 54.1. The third-order valence-corrected chi connectivity index (χ3v) is 14.3. The van der Waals surface area contributed by atoms with Gasteiger partial charge in [-0.2, -0.15) is 0 Å². The molecule has 0 unspecified atom stereocenters. The van der Waals surface area contributed by atoms with Crippen molar-refractivity contribution in [2.45, 2.75) is 187 Å². The summed E-state index contributed by atoms with van der Waals surface area (Å²) in [5.74, 6) is -4.76. The Morgan fingerprint density at radius 2 is 1.57 bits per heavy atom. The zero-order valence-electron chi connectivity index (χ0n) is 43.3. The van der Waals surface area contributed by atoms with Crippen LogP contribution < -0.4 is 0 Å². The highest BCUT2D eigenvalue weighted by Crippen LogP contribution is 2.45. The molecular weight excluding hydrogens is 979 g/mol. The summed E-state index contributed by atoms with van der Waals surface area (Å²) in [5.41, 5.74) is 0.726. The van der Waals surface area contributed by atoms with Crippen LogP contribution in [0.25, 0.3) is 0 Å². The highest BCUT2D eigenvalue weighted by molar-refractivity contribution is 6.39. The number of aliphatic hydroxyl groups is 5. The van der Waals surface area contributed by atoms with Gasteiger partial charge in [0.05, 0.1) is 42.0 Å². The van der Waals surface area contributed by atoms with Gasteiger partial charge < -0.3 is 68.9 Å². The van der Waals surface area contributed by atoms with Gasteiger partial charge in [0.1, 0.15) is 40.6 Å². The smallest absolute Gasteiger partial charge is 0.342 e. The average Bonchev–Trinajstić information content (AvgIpc) is 3.32. The van der Waals surface area contributed by atoms with Gasteiger partial charge in [-0.3, -0.25) is 9.59 Å². The van der Waals surface area contributed by atoms with Crippen LogP contribution in [0.2, 0.25) is 10.0 Å². The minimum absolute atomic E-state index is 0.0713. The number of Topliss-reactive ketones (excluding diaryl/α,β-unsaturated/α-hetero) is 1. The van der Waals surface area contributed by atoms with Crippen LogP contribution in [-0.2, 0) is 49.2 Å². The maximum atomic E-state index is 14.2. The topological polar surface area (TPSA) is 257 Å². The van der Waals surface area contributed by atoms with Gasteiger partial charge in [0.2, 0.25) is 0 Å². The lowest BCUT2D eigenvalue weighted by atomic mass is 9.87. The Labute approximate surface area is 433 Å². The van der Waals surface area contributed by atoms with E-state index < -0.39 is 125 Å². The van der Waals surface area contributed by atoms with Crippen LogP contribution in [0, 0.1) is 17.8 Å². The number of phenols is 2. The standard InChI is InChI=1S/C53H76Cl2O17/c1-13-31-22-27(6)35(57)18-16-15-17-33(24-67-52-47(66-12)44(63)46(30(9)68-52)69-50(65)37-34(14-2)38(54)41(60)39(55)40(37)59)36(58)23-32(29(8)56)20-19-26(5)21-28(7)45(31)70-51-43(62)42(61)48(53(10,11)72-51)71-49(64)25(3)4/h15-17,19,21-22,25,29-32,35,42-48,51-52,56-57,59-63H,13-14,18,20,23-24H2,1-12H3/b16-15+,26-19+,27-22+,28-21+,33-17+/t29-,30-,31+,32-,35+,42+,43-,44+,45+,46-,47+,48-,51+,52-/m1/s1. The second-order valence-corrected chi connectivity index (χ2v) is 20.6. The van der Waals surface area contributed by atoms with Crippen molar-refractivity contribution in [3.8, 4) is 11.5 Å². The summed E-state index contributed by atoms with van der Waals surface area (Å²) in [6.45, 7) is 18.5. The minimum atomic E-state index is -1.59. The normalized spacial score (nSPS) is 34.9. The highest BCUT2D eigenvalue weighted by Gasteiger charge is 2.53. The van der Waals surface area contributed by atoms with Gasteiger partial charge >= 0.3 is 11.9 Å². The van der Waals surface area contributed by atoms with E-state index in [2.05, 4.69) is 0 Å². The van der Waals surface area contributed by atoms with Crippen molar-refractivity contribution in [1.82, 2.24) is 0 Å². The van der Waals surface area contributed by atoms with Gasteiger partial charge in [-0.05, 0) is 96.8 Å². The van der Waals surface area contributed by atoms with E-state index in [1.807, 2.05) is 39.0 Å². The number of aromatic hydroxyl groups is 2. The van der Waals surface area contributed by atoms with Crippen LogP contribution in [0.3, 0.4) is 0 Å². The van der Waals surface area contributed by atoms with Crippen LogP contribution in [0.1, 0.15) is 118 Å². The number of ketones is 1. The highest BCUT2D eigenvalue weighted by atomic mass is 35.5. The van der Waals surface area contributed by atoms with Gasteiger partial charge in [0.25, 0.3) is 0 Å². The number of halogens is 2. The Hall–Kier alpha value is -3.69. The van der Waals surface area contributed by atoms with E-state index in [4.69, 9.17) is 56.4 Å². The number of esters is 2. The molecule has 14 atom stereocenters. The number of hydrogen-bond acceptors (Lipinski definition) is 17. The van der Waals surface area contributed by atoms with Gasteiger partial charge in [-0.25, -0.2) is 4.79 Å². The number of allylic oxidation sites excluding steroid dienone is 5. The van der Waals surface area contributed by atoms with E-state index in [9.17, 15) is 50.1 Å². The van der Waals surface area contributed by atoms with Crippen molar-refractivity contribution in [1.29, 1.82) is 0 Å². The molecule has 0 radical (unpaired) electrons. The van der Waals surface area contributed by atoms with Crippen LogP contribution in [0.4, 0.5) is 0 Å². The molecule has 0 saturated carbocycles. The van der Waals surface area contributed by atoms with Gasteiger partial charge in [-0.1, -0.05) is 92.9 Å². The van der Waals surface area contributed by atoms with Gasteiger partial charge in [0, 0.05) is 25.0 Å². The van der Waals surface area contributed by atoms with Crippen molar-refractivity contribution in [2.24, 2.45) is 17.8 Å². The number of methoxy groups -OCH3 is 1. The molecule has 1 aromatic rings. The molecule has 0 spiro atoms. The molecule has 2 heterocycles. The first-order chi connectivity index (χ1) is 33.7. The molecule has 2 saturated heterocycles. The first-order valence-electron chi connectivity index (χ1n) is 24.5. The van der Waals surface area contributed by atoms with E-state index in [1.54, 1.807) is 66.7 Å². The Bertz CT molecular complexity index is 2210. The molecule has 0 aromatic heterocycles. The van der Waals surface area contributed by atoms with Crippen molar-refractivity contribution in [3.05, 3.63) is 79.9 Å². The lowest BCUT2D eigenvalue weighted by Gasteiger charge is -2.47. The Morgan fingerprint density at radius 1 is 0.903 bits per heavy atom. The molecule has 1 aliphatic carbocycles. The zero-order valence-corrected chi connectivity index (χ0v) is 44.8. The number of rotatable bonds is 13. The largest absolute Gasteiger partial charge is 0.505 e. The molecule has 4 rings (SSSR count). The van der Waals surface area contributed by atoms with Crippen molar-refractivity contribution in [3.63, 3.8) is 0 Å². The Morgan fingerprint density at radius 3 is 2.17 bits per heavy atom. The molecule has 7 N–H and O–H groups in total. The number of carbonyl (C=O) groups is 3. The van der Waals surface area contributed by atoms with E-state index in [0.29, 0.717) is 18.4 Å². The lowest BCUT2D eigenvalue weighted by molar-refractivity contribution is -0.333. The summed E-state index contributed by atoms with van der Waals surface area (Å²) in [7, 11) is 1.29. The molecule has 17 nitrogen and oxygen atoms in total. The number of phenolic OH excluding ortho intramolecular Hbond substituents is 2. The monoisotopic (exact) mass is 1050 g/mol. The van der Waals surface area contributed by atoms with Crippen LogP contribution in [-0.4, -0.2) is 146 Å². The summed E-state index contributed by atoms with van der Waals surface area (Å²) >= 11 is 12.3. The van der Waals surface area contributed by atoms with Crippen LogP contribution >= 0.6 is 23.2 Å². The van der Waals surface area contributed by atoms with Crippen LogP contribution in [0.15, 0.2) is 58.7 Å². The van der Waals surface area contributed by atoms with Crippen LogP contribution in [0.5, 0.6) is 11.5 Å². The van der Waals surface area contributed by atoms with E-state index in [-0.39, 0.29) is 53.7 Å². The van der Waals surface area contributed by atoms with E-state index >= 15 is 0 Å². The fourth-order valence-electron chi connectivity index (χ4n) is 8.95. The molecule has 1 aromatic carbocycles. The number of carbonyl (C=O) groups excluding carboxylic acids is 3. The van der Waals surface area contributed by atoms with E-state index in [1.165, 1.54) is 14.0 Å². The summed E-state index contributed by atoms with van der Waals surface area (Å²) in [4.78, 5) is 40.2. The number of benzene rings is 1. The Kier molecular flexibility index (Phi) is 22.6. The fraction of sp³-hybridized carbons (Fsp3) is 0.642. The molecule has 2 aliphatic heterocycles. The number of aliphatic hydroxyl groups excluding tert-OH is 5. The van der Waals surface area contributed by atoms with E-state index in [0.717, 1.165) is 11.1 Å². The first kappa shape index (κ1) is 60.9. The van der Waals surface area contributed by atoms with Crippen molar-refractivity contribution >= 4 is 40.9 Å². The van der Waals surface area contributed by atoms with Crippen molar-refractivity contribution in [2.75, 3.05) is 13.7 Å². The summed E-state index contributed by atoms with van der Waals surface area (Å²) < 4.78 is 41.9. The average molecular weight is 1060 g/mol. The summed E-state index contributed by atoms with van der Waals surface area (Å²) in [6.07, 6.45) is -3.21. The molecule has 3 aliphatic rings. The SMILES string of the molecule is CCc1c(Cl)c(O)c(Cl)c(O)c1C(=O)O[C@H]1[C@H](O)[C@H](OC)[C@H](OC/C2=C\C=C\C[C@H](O)/C(C)=C/[C@H](CC)[C@@H](O[C@H]3OC(C)(C)[C@H](OC(=O)C(C)C)[C@@H](O)[C@H]3O)/C(C)=C/C(C)=C/C[C@@H]([C@@H](C)O)CC2=O)O[C@@H]1C. The molecule has 2 fully saturated rings. The molecule has 72 heavy (non-hydrogen) atoms. The second kappa shape index (κ2) is 26.7. The maximum absolute atomic E-state index is 14.2. The summed E-state index contributed by atoms with van der Waals surface area (Å²) in [6, 6.07) is 0. The van der Waals surface area contributed by atoms with Crippen molar-refractivity contribution < 1.29 is 83.3 Å². The lowest BCUT2D eigenvalue weighted by Crippen LogP contribution is -2.64. The molecule has 0 amide bonds. The number of hydrogen-bond donors (Lipinski definition) is 7. The third-order valence-electron chi connectivity index (χ3n) is 13.5.